The maximum absolute atomic E-state index is 13.6. The predicted octanol–water partition coefficient (Wildman–Crippen LogP) is 3.58. The molecule has 41 heavy (non-hydrogen) atoms. The Morgan fingerprint density at radius 2 is 2.02 bits per heavy atom. The highest BCUT2D eigenvalue weighted by Crippen LogP contribution is 2.48. The van der Waals surface area contributed by atoms with Gasteiger partial charge in [0.1, 0.15) is 11.5 Å². The zero-order valence-electron chi connectivity index (χ0n) is 23.2. The van der Waals surface area contributed by atoms with E-state index in [2.05, 4.69) is 27.5 Å². The van der Waals surface area contributed by atoms with E-state index < -0.39 is 0 Å². The lowest BCUT2D eigenvalue weighted by Crippen LogP contribution is -2.62. The largest absolute Gasteiger partial charge is 0.456 e. The highest BCUT2D eigenvalue weighted by atomic mass is 32.2. The molecule has 10 nitrogen and oxygen atoms in total. The number of thioether (sulfide) groups is 1. The molecule has 3 fully saturated rings. The van der Waals surface area contributed by atoms with Crippen LogP contribution in [0.3, 0.4) is 0 Å². The number of carbonyl (C=O) groups excluding carboxylic acids is 3. The van der Waals surface area contributed by atoms with Crippen LogP contribution in [0.4, 0.5) is 10.5 Å². The lowest BCUT2D eigenvalue weighted by atomic mass is 9.86. The van der Waals surface area contributed by atoms with Crippen LogP contribution < -0.4 is 25.6 Å². The third-order valence-corrected chi connectivity index (χ3v) is 9.49. The van der Waals surface area contributed by atoms with Crippen molar-refractivity contribution in [2.45, 2.75) is 50.6 Å². The number of rotatable bonds is 6. The number of anilines is 1. The van der Waals surface area contributed by atoms with E-state index in [1.807, 2.05) is 49.1 Å². The molecule has 0 spiro atoms. The van der Waals surface area contributed by atoms with Crippen molar-refractivity contribution in [3.8, 4) is 11.5 Å². The fourth-order valence-corrected chi connectivity index (χ4v) is 7.59. The van der Waals surface area contributed by atoms with Gasteiger partial charge < -0.3 is 25.6 Å². The Balaban J connectivity index is 1.21. The molecule has 3 unspecified atom stereocenters. The van der Waals surface area contributed by atoms with Gasteiger partial charge in [0.05, 0.1) is 22.5 Å². The van der Waals surface area contributed by atoms with Crippen molar-refractivity contribution in [3.05, 3.63) is 71.0 Å². The molecule has 3 N–H and O–H groups in total. The maximum Gasteiger partial charge on any atom is 0.326 e. The Labute approximate surface area is 243 Å². The molecule has 5 heterocycles. The van der Waals surface area contributed by atoms with Gasteiger partial charge in [-0.3, -0.25) is 19.5 Å². The molecule has 2 aromatic rings. The van der Waals surface area contributed by atoms with Gasteiger partial charge in [-0.25, -0.2) is 4.79 Å². The number of carbonyl (C=O) groups is 3. The minimum Gasteiger partial charge on any atom is -0.456 e. The van der Waals surface area contributed by atoms with Gasteiger partial charge in [-0.2, -0.15) is 0 Å². The van der Waals surface area contributed by atoms with Crippen molar-refractivity contribution in [2.75, 3.05) is 24.5 Å². The van der Waals surface area contributed by atoms with Gasteiger partial charge >= 0.3 is 6.03 Å². The molecule has 6 rings (SSSR count). The summed E-state index contributed by atoms with van der Waals surface area (Å²) in [7, 11) is 0. The monoisotopic (exact) mass is 574 g/mol. The third-order valence-electron chi connectivity index (χ3n) is 8.14. The second kappa shape index (κ2) is 11.2. The summed E-state index contributed by atoms with van der Waals surface area (Å²) in [5.74, 6) is 0.947. The topological polar surface area (TPSA) is 116 Å². The number of nitrogens with one attached hydrogen (secondary N) is 3. The number of nitrogens with zero attached hydrogens (tertiary/aromatic N) is 3. The van der Waals surface area contributed by atoms with E-state index in [1.54, 1.807) is 11.1 Å². The van der Waals surface area contributed by atoms with Crippen LogP contribution >= 0.6 is 11.8 Å². The zero-order chi connectivity index (χ0) is 28.7. The molecule has 11 heteroatoms. The number of piperidine rings is 2. The van der Waals surface area contributed by atoms with E-state index >= 15 is 0 Å². The molecule has 0 radical (unpaired) electrons. The number of hydrogen-bond acceptors (Lipinski definition) is 7. The molecule has 0 aliphatic carbocycles. The van der Waals surface area contributed by atoms with E-state index in [4.69, 9.17) is 4.74 Å². The number of aryl methyl sites for hydroxylation is 2. The summed E-state index contributed by atoms with van der Waals surface area (Å²) in [6.07, 6.45) is 5.38. The third kappa shape index (κ3) is 5.31. The van der Waals surface area contributed by atoms with E-state index in [1.165, 1.54) is 17.8 Å². The smallest absolute Gasteiger partial charge is 0.326 e. The first-order valence-electron chi connectivity index (χ1n) is 14.0. The van der Waals surface area contributed by atoms with Crippen LogP contribution in [-0.2, 0) is 9.59 Å². The minimum absolute atomic E-state index is 0.0188. The van der Waals surface area contributed by atoms with E-state index in [-0.39, 0.29) is 41.2 Å². The van der Waals surface area contributed by atoms with Gasteiger partial charge in [-0.1, -0.05) is 18.3 Å². The Hall–Kier alpha value is -3.83. The number of hydrogen-bond donors (Lipinski definition) is 3. The first-order chi connectivity index (χ1) is 19.8. The van der Waals surface area contributed by atoms with E-state index in [0.717, 1.165) is 42.8 Å². The van der Waals surface area contributed by atoms with Crippen molar-refractivity contribution in [2.24, 2.45) is 5.92 Å². The predicted molar refractivity (Wildman–Crippen MR) is 157 cm³/mol. The van der Waals surface area contributed by atoms with Crippen molar-refractivity contribution >= 4 is 35.3 Å². The maximum atomic E-state index is 13.6. The van der Waals surface area contributed by atoms with Crippen LogP contribution in [0.1, 0.15) is 30.5 Å². The standard InChI is InChI=1S/C30H34N6O4S/c1-4-24(37)35-13-5-6-19(16-35)33-28(38)27-26-25-23(11-12-31-29(25)41-27)36(30(39)34-26)22-10-9-20(14-17(22)2)40-21-8-7-18(3)32-15-21/h4,7-10,14-15,19,23,25,29,31H,1,5-6,11-13,16H2,2-3H3,(H,33,38)(H,34,39)/t19-,23?,25?,29?/m1/s1. The van der Waals surface area contributed by atoms with Gasteiger partial charge in [-0.05, 0) is 81.6 Å². The Kier molecular flexibility index (Phi) is 7.48. The average molecular weight is 575 g/mol. The van der Waals surface area contributed by atoms with Gasteiger partial charge in [0.25, 0.3) is 5.91 Å². The summed E-state index contributed by atoms with van der Waals surface area (Å²) in [5.41, 5.74) is 3.34. The fraction of sp³-hybridized carbons (Fsp3) is 0.400. The minimum atomic E-state index is -0.241. The highest BCUT2D eigenvalue weighted by Gasteiger charge is 2.52. The zero-order valence-corrected chi connectivity index (χ0v) is 24.0. The van der Waals surface area contributed by atoms with Crippen molar-refractivity contribution in [1.82, 2.24) is 25.8 Å². The summed E-state index contributed by atoms with van der Waals surface area (Å²) >= 11 is 1.48. The average Bonchev–Trinajstić information content (AvgIpc) is 3.34. The fourth-order valence-electron chi connectivity index (χ4n) is 6.19. The van der Waals surface area contributed by atoms with Crippen LogP contribution in [0.5, 0.6) is 11.5 Å². The van der Waals surface area contributed by atoms with Crippen LogP contribution in [0.15, 0.2) is 59.8 Å². The van der Waals surface area contributed by atoms with Crippen molar-refractivity contribution in [3.63, 3.8) is 0 Å². The van der Waals surface area contributed by atoms with Gasteiger partial charge in [-0.15, -0.1) is 0 Å². The Morgan fingerprint density at radius 3 is 2.78 bits per heavy atom. The molecule has 4 aliphatic rings. The SMILES string of the molecule is C=CC(=O)N1CCC[C@@H](NC(=O)C2=C3NC(=O)N(c4ccc(Oc5ccc(C)nc5)cc4C)C4CCNC(S2)C34)C1. The normalized spacial score (nSPS) is 25.4. The van der Waals surface area contributed by atoms with Gasteiger partial charge in [0, 0.05) is 42.1 Å². The number of likely N-dealkylation sites (tertiary alicyclic amines) is 1. The summed E-state index contributed by atoms with van der Waals surface area (Å²) < 4.78 is 5.99. The molecule has 4 atom stereocenters. The quantitative estimate of drug-likeness (QED) is 0.452. The molecular formula is C30H34N6O4S. The molecule has 0 bridgehead atoms. The first-order valence-corrected chi connectivity index (χ1v) is 14.9. The molecule has 0 saturated carbocycles. The Morgan fingerprint density at radius 1 is 1.20 bits per heavy atom. The molecule has 4 amide bonds. The van der Waals surface area contributed by atoms with Crippen LogP contribution in [-0.4, -0.2) is 64.8 Å². The summed E-state index contributed by atoms with van der Waals surface area (Å²) in [6.45, 7) is 9.34. The number of benzene rings is 1. The van der Waals surface area contributed by atoms with Gasteiger partial charge in [0.15, 0.2) is 0 Å². The molecular weight excluding hydrogens is 540 g/mol. The van der Waals surface area contributed by atoms with Crippen LogP contribution in [0.2, 0.25) is 0 Å². The molecule has 1 aromatic carbocycles. The molecule has 1 aromatic heterocycles. The number of ether oxygens (including phenoxy) is 1. The number of amides is 4. The molecule has 4 aliphatic heterocycles. The lowest BCUT2D eigenvalue weighted by molar-refractivity contribution is -0.128. The number of aromatic nitrogens is 1. The van der Waals surface area contributed by atoms with Crippen LogP contribution in [0, 0.1) is 19.8 Å². The van der Waals surface area contributed by atoms with E-state index in [0.29, 0.717) is 35.2 Å². The number of pyridine rings is 1. The molecule has 214 valence electrons. The van der Waals surface area contributed by atoms with Crippen molar-refractivity contribution < 1.29 is 19.1 Å². The summed E-state index contributed by atoms with van der Waals surface area (Å²) in [5, 5.41) is 9.72. The highest BCUT2D eigenvalue weighted by molar-refractivity contribution is 8.04. The first kappa shape index (κ1) is 27.3. The Bertz CT molecular complexity index is 1430. The summed E-state index contributed by atoms with van der Waals surface area (Å²) in [4.78, 5) is 47.6. The van der Waals surface area contributed by atoms with Crippen LogP contribution in [0.25, 0.3) is 0 Å². The summed E-state index contributed by atoms with van der Waals surface area (Å²) in [6, 6.07) is 9.02. The molecule has 3 saturated heterocycles. The second-order valence-corrected chi connectivity index (χ2v) is 12.1. The van der Waals surface area contributed by atoms with E-state index in [9.17, 15) is 14.4 Å². The second-order valence-electron chi connectivity index (χ2n) is 10.9. The van der Waals surface area contributed by atoms with Gasteiger partial charge in [0.2, 0.25) is 5.91 Å². The number of urea groups is 1. The lowest BCUT2D eigenvalue weighted by Gasteiger charge is -2.46. The van der Waals surface area contributed by atoms with Crippen molar-refractivity contribution in [1.29, 1.82) is 0 Å².